The molecule has 116 valence electrons. The van der Waals surface area contributed by atoms with Gasteiger partial charge in [-0.2, -0.15) is 37.9 Å². The molecule has 0 radical (unpaired) electrons. The van der Waals surface area contributed by atoms with Crippen molar-refractivity contribution < 1.29 is 4.74 Å². The number of hydrogen-bond donors (Lipinski definition) is 3. The highest BCUT2D eigenvalue weighted by Crippen LogP contribution is 2.32. The highest BCUT2D eigenvalue weighted by molar-refractivity contribution is 7.80. The molecule has 0 amide bonds. The number of hydrogen-bond acceptors (Lipinski definition) is 4. The van der Waals surface area contributed by atoms with Gasteiger partial charge in [0.05, 0.1) is 8.07 Å². The normalized spacial score (nSPS) is 12.0. The van der Waals surface area contributed by atoms with Crippen molar-refractivity contribution in [1.82, 2.24) is 0 Å². The van der Waals surface area contributed by atoms with Crippen molar-refractivity contribution in [2.24, 2.45) is 0 Å². The molecule has 19 heavy (non-hydrogen) atoms. The van der Waals surface area contributed by atoms with Gasteiger partial charge in [-0.1, -0.05) is 24.2 Å². The molecule has 0 unspecified atom stereocenters. The maximum atomic E-state index is 5.52. The third-order valence-electron chi connectivity index (χ3n) is 3.80. The third kappa shape index (κ3) is 10.6. The molecule has 0 atom stereocenters. The smallest absolute Gasteiger partial charge is 0.0537 e. The maximum Gasteiger partial charge on any atom is 0.0537 e. The van der Waals surface area contributed by atoms with E-state index in [1.165, 1.54) is 49.9 Å². The molecule has 0 saturated heterocycles. The average Bonchev–Trinajstić information content (AvgIpc) is 2.44. The van der Waals surface area contributed by atoms with Crippen LogP contribution < -0.4 is 0 Å². The molecule has 0 fully saturated rings. The Labute approximate surface area is 137 Å². The number of ether oxygens (including phenoxy) is 1. The van der Waals surface area contributed by atoms with Crippen LogP contribution in [0, 0.1) is 0 Å². The summed E-state index contributed by atoms with van der Waals surface area (Å²) >= 11 is 13.2. The fourth-order valence-corrected chi connectivity index (χ4v) is 9.35. The van der Waals surface area contributed by atoms with E-state index in [-0.39, 0.29) is 0 Å². The quantitative estimate of drug-likeness (QED) is 0.233. The molecule has 0 spiro atoms. The molecule has 0 rings (SSSR count). The van der Waals surface area contributed by atoms with Crippen LogP contribution in [0.2, 0.25) is 24.2 Å². The van der Waals surface area contributed by atoms with Gasteiger partial charge in [-0.05, 0) is 49.9 Å². The van der Waals surface area contributed by atoms with Crippen LogP contribution in [-0.2, 0) is 4.74 Å². The molecule has 0 saturated carbocycles. The number of rotatable bonds is 14. The van der Waals surface area contributed by atoms with Gasteiger partial charge < -0.3 is 4.74 Å². The Bertz CT molecular complexity index is 172. The summed E-state index contributed by atoms with van der Waals surface area (Å²) in [7, 11) is -1.14. The fraction of sp³-hybridized carbons (Fsp3) is 1.00. The first kappa shape index (κ1) is 20.2. The topological polar surface area (TPSA) is 9.23 Å². The van der Waals surface area contributed by atoms with Crippen molar-refractivity contribution in [2.75, 3.05) is 30.5 Å². The molecule has 0 aliphatic heterocycles. The molecular formula is C14H32OS3Si. The van der Waals surface area contributed by atoms with E-state index >= 15 is 0 Å². The van der Waals surface area contributed by atoms with Crippen molar-refractivity contribution >= 4 is 46.0 Å². The van der Waals surface area contributed by atoms with Gasteiger partial charge in [0, 0.05) is 13.2 Å². The molecule has 0 aliphatic rings. The van der Waals surface area contributed by atoms with Gasteiger partial charge in [0.1, 0.15) is 0 Å². The summed E-state index contributed by atoms with van der Waals surface area (Å²) in [6.07, 6.45) is 5.08. The van der Waals surface area contributed by atoms with E-state index in [1.54, 1.807) is 0 Å². The van der Waals surface area contributed by atoms with Crippen LogP contribution in [0.1, 0.15) is 32.6 Å². The first-order valence-electron chi connectivity index (χ1n) is 7.65. The van der Waals surface area contributed by atoms with E-state index in [1.807, 2.05) is 0 Å². The lowest BCUT2D eigenvalue weighted by molar-refractivity contribution is 0.148. The van der Waals surface area contributed by atoms with Gasteiger partial charge in [0.2, 0.25) is 0 Å². The van der Waals surface area contributed by atoms with Crippen molar-refractivity contribution in [3.8, 4) is 0 Å². The zero-order valence-corrected chi connectivity index (χ0v) is 16.1. The Hall–Kier alpha value is 1.23. The highest BCUT2D eigenvalue weighted by atomic mass is 32.1. The summed E-state index contributed by atoms with van der Waals surface area (Å²) in [6.45, 7) is 3.86. The highest BCUT2D eigenvalue weighted by Gasteiger charge is 2.30. The maximum absolute atomic E-state index is 5.52. The van der Waals surface area contributed by atoms with Crippen LogP contribution in [0.25, 0.3) is 0 Å². The minimum Gasteiger partial charge on any atom is -0.382 e. The van der Waals surface area contributed by atoms with Crippen molar-refractivity contribution in [3.63, 3.8) is 0 Å². The fourth-order valence-electron chi connectivity index (χ4n) is 2.81. The summed E-state index contributed by atoms with van der Waals surface area (Å²) in [4.78, 5) is 0. The molecule has 0 bridgehead atoms. The predicted octanol–water partition coefficient (Wildman–Crippen LogP) is 4.82. The van der Waals surface area contributed by atoms with Crippen molar-refractivity contribution in [3.05, 3.63) is 0 Å². The second-order valence-electron chi connectivity index (χ2n) is 5.28. The Kier molecular flexibility index (Phi) is 15.1. The Balaban J connectivity index is 4.38. The molecule has 0 aromatic heterocycles. The molecule has 5 heteroatoms. The summed E-state index contributed by atoms with van der Waals surface area (Å²) < 4.78 is 5.52. The van der Waals surface area contributed by atoms with Crippen molar-refractivity contribution in [2.45, 2.75) is 56.8 Å². The molecular weight excluding hydrogens is 308 g/mol. The monoisotopic (exact) mass is 340 g/mol. The third-order valence-corrected chi connectivity index (χ3v) is 10.4. The van der Waals surface area contributed by atoms with Gasteiger partial charge in [-0.25, -0.2) is 0 Å². The van der Waals surface area contributed by atoms with Crippen molar-refractivity contribution in [1.29, 1.82) is 0 Å². The Morgan fingerprint density at radius 2 is 1.16 bits per heavy atom. The van der Waals surface area contributed by atoms with Crippen LogP contribution >= 0.6 is 37.9 Å². The van der Waals surface area contributed by atoms with Gasteiger partial charge >= 0.3 is 0 Å². The van der Waals surface area contributed by atoms with E-state index in [4.69, 9.17) is 4.74 Å². The minimum absolute atomic E-state index is 0.846. The molecule has 0 aromatic carbocycles. The first-order chi connectivity index (χ1) is 9.24. The van der Waals surface area contributed by atoms with Gasteiger partial charge in [-0.3, -0.25) is 0 Å². The van der Waals surface area contributed by atoms with Crippen LogP contribution in [0.5, 0.6) is 0 Å². The molecule has 0 aromatic rings. The van der Waals surface area contributed by atoms with Crippen LogP contribution in [0.15, 0.2) is 0 Å². The molecule has 0 N–H and O–H groups in total. The first-order valence-corrected chi connectivity index (χ1v) is 12.4. The second-order valence-corrected chi connectivity index (χ2v) is 11.6. The Morgan fingerprint density at radius 1 is 0.737 bits per heavy atom. The summed E-state index contributed by atoms with van der Waals surface area (Å²) in [5.41, 5.74) is 0. The van der Waals surface area contributed by atoms with Gasteiger partial charge in [-0.15, -0.1) is 0 Å². The summed E-state index contributed by atoms with van der Waals surface area (Å²) in [6, 6.07) is 5.72. The zero-order valence-electron chi connectivity index (χ0n) is 12.4. The second kappa shape index (κ2) is 14.2. The largest absolute Gasteiger partial charge is 0.382 e. The summed E-state index contributed by atoms with van der Waals surface area (Å²) in [5, 5.41) is 0. The van der Waals surface area contributed by atoms with Crippen LogP contribution in [-0.4, -0.2) is 38.5 Å². The molecule has 0 aliphatic carbocycles. The lowest BCUT2D eigenvalue weighted by atomic mass is 10.5. The lowest BCUT2D eigenvalue weighted by Crippen LogP contribution is -2.34. The van der Waals surface area contributed by atoms with Crippen LogP contribution in [0.4, 0.5) is 0 Å². The minimum atomic E-state index is -1.14. The van der Waals surface area contributed by atoms with Gasteiger partial charge in [0.15, 0.2) is 0 Å². The van der Waals surface area contributed by atoms with E-state index in [0.717, 1.165) is 30.5 Å². The lowest BCUT2D eigenvalue weighted by Gasteiger charge is -2.32. The average molecular weight is 341 g/mol. The SMILES string of the molecule is CCOCCC[Si](CCCS)(CCCS)CCCS. The van der Waals surface area contributed by atoms with E-state index < -0.39 is 8.07 Å². The van der Waals surface area contributed by atoms with Gasteiger partial charge in [0.25, 0.3) is 0 Å². The zero-order chi connectivity index (χ0) is 14.4. The van der Waals surface area contributed by atoms with Crippen LogP contribution in [0.3, 0.4) is 0 Å². The van der Waals surface area contributed by atoms with E-state index in [2.05, 4.69) is 44.8 Å². The predicted molar refractivity (Wildman–Crippen MR) is 102 cm³/mol. The summed E-state index contributed by atoms with van der Waals surface area (Å²) in [5.74, 6) is 3.09. The standard InChI is InChI=1S/C14H32OS3Si/c1-2-15-7-3-11-19(12-4-8-16,13-5-9-17)14-6-10-18/h16-18H,2-14H2,1H3. The van der Waals surface area contributed by atoms with E-state index in [9.17, 15) is 0 Å². The van der Waals surface area contributed by atoms with E-state index in [0.29, 0.717) is 0 Å². The molecule has 1 nitrogen and oxygen atoms in total. The molecule has 0 heterocycles. The Morgan fingerprint density at radius 3 is 1.53 bits per heavy atom. The number of thiol groups is 3.